The van der Waals surface area contributed by atoms with Crippen LogP contribution in [0, 0.1) is 0 Å². The molecule has 0 bridgehead atoms. The fraction of sp³-hybridized carbons (Fsp3) is 0.375. The molecule has 34 heavy (non-hydrogen) atoms. The van der Waals surface area contributed by atoms with Crippen molar-refractivity contribution in [1.82, 2.24) is 4.90 Å². The van der Waals surface area contributed by atoms with Gasteiger partial charge in [0.1, 0.15) is 5.75 Å². The van der Waals surface area contributed by atoms with Gasteiger partial charge >= 0.3 is 5.97 Å². The van der Waals surface area contributed by atoms with Gasteiger partial charge in [0.05, 0.1) is 25.5 Å². The van der Waals surface area contributed by atoms with E-state index in [0.29, 0.717) is 29.5 Å². The van der Waals surface area contributed by atoms with Crippen molar-refractivity contribution in [3.05, 3.63) is 47.0 Å². The highest BCUT2D eigenvalue weighted by Crippen LogP contribution is 2.30. The van der Waals surface area contributed by atoms with Crippen LogP contribution in [0.4, 0.5) is 5.69 Å². The van der Waals surface area contributed by atoms with Gasteiger partial charge in [-0.25, -0.2) is 4.79 Å². The van der Waals surface area contributed by atoms with Crippen LogP contribution in [0.15, 0.2) is 36.4 Å². The Bertz CT molecular complexity index is 1040. The Morgan fingerprint density at radius 3 is 2.32 bits per heavy atom. The molecule has 1 N–H and O–H groups in total. The first kappa shape index (κ1) is 25.2. The lowest BCUT2D eigenvalue weighted by Crippen LogP contribution is -2.38. The van der Waals surface area contributed by atoms with Gasteiger partial charge in [0.25, 0.3) is 11.8 Å². The molecule has 2 aromatic rings. The maximum Gasteiger partial charge on any atom is 0.338 e. The number of hydrogen-bond acceptors (Lipinski definition) is 7. The molecule has 1 heterocycles. The molecule has 2 amide bonds. The van der Waals surface area contributed by atoms with Gasteiger partial charge in [-0.1, -0.05) is 11.6 Å². The average Bonchev–Trinajstić information content (AvgIpc) is 2.86. The summed E-state index contributed by atoms with van der Waals surface area (Å²) in [5, 5.41) is 3.11. The van der Waals surface area contributed by atoms with Crippen LogP contribution in [0.2, 0.25) is 5.02 Å². The number of carbonyl (C=O) groups excluding carboxylic acids is 3. The predicted molar refractivity (Wildman–Crippen MR) is 126 cm³/mol. The molecule has 1 aliphatic heterocycles. The van der Waals surface area contributed by atoms with Crippen LogP contribution in [-0.2, 0) is 14.3 Å². The number of rotatable bonds is 9. The van der Waals surface area contributed by atoms with Crippen LogP contribution < -0.4 is 19.5 Å². The fourth-order valence-electron chi connectivity index (χ4n) is 3.47. The third-order valence-electron chi connectivity index (χ3n) is 5.23. The SMILES string of the molecule is COc1ccc(Cl)cc1NC(=O)COc1ccc(C(=O)OCC(=O)N2CCCCC2)cc1OC. The molecule has 3 rings (SSSR count). The van der Waals surface area contributed by atoms with E-state index in [1.54, 1.807) is 23.1 Å². The number of nitrogens with one attached hydrogen (secondary N) is 1. The first-order chi connectivity index (χ1) is 16.4. The van der Waals surface area contributed by atoms with Crippen molar-refractivity contribution < 1.29 is 33.3 Å². The second kappa shape index (κ2) is 12.1. The maximum absolute atomic E-state index is 12.4. The lowest BCUT2D eigenvalue weighted by atomic mass is 10.1. The van der Waals surface area contributed by atoms with E-state index < -0.39 is 11.9 Å². The highest BCUT2D eigenvalue weighted by molar-refractivity contribution is 6.31. The summed E-state index contributed by atoms with van der Waals surface area (Å²) < 4.78 is 21.2. The van der Waals surface area contributed by atoms with Crippen LogP contribution >= 0.6 is 11.6 Å². The van der Waals surface area contributed by atoms with E-state index in [9.17, 15) is 14.4 Å². The number of benzene rings is 2. The van der Waals surface area contributed by atoms with Gasteiger partial charge in [0.15, 0.2) is 24.7 Å². The second-order valence-corrected chi connectivity index (χ2v) is 8.00. The number of likely N-dealkylation sites (tertiary alicyclic amines) is 1. The molecule has 1 fully saturated rings. The lowest BCUT2D eigenvalue weighted by molar-refractivity contribution is -0.135. The molecule has 1 saturated heterocycles. The minimum atomic E-state index is -0.652. The molecule has 0 aromatic heterocycles. The van der Waals surface area contributed by atoms with Crippen molar-refractivity contribution in [2.45, 2.75) is 19.3 Å². The largest absolute Gasteiger partial charge is 0.495 e. The molecule has 0 unspecified atom stereocenters. The number of hydrogen-bond donors (Lipinski definition) is 1. The zero-order valence-electron chi connectivity index (χ0n) is 19.1. The summed E-state index contributed by atoms with van der Waals surface area (Å²) in [6.45, 7) is 0.745. The van der Waals surface area contributed by atoms with Crippen molar-refractivity contribution in [2.24, 2.45) is 0 Å². The number of halogens is 1. The van der Waals surface area contributed by atoms with Crippen LogP contribution in [0.1, 0.15) is 29.6 Å². The van der Waals surface area contributed by atoms with Gasteiger partial charge in [-0.05, 0) is 55.7 Å². The molecule has 1 aliphatic rings. The number of ether oxygens (including phenoxy) is 4. The van der Waals surface area contributed by atoms with E-state index in [0.717, 1.165) is 19.3 Å². The molecule has 0 atom stereocenters. The van der Waals surface area contributed by atoms with Gasteiger partial charge in [-0.2, -0.15) is 0 Å². The van der Waals surface area contributed by atoms with Crippen LogP contribution in [0.5, 0.6) is 17.2 Å². The first-order valence-electron chi connectivity index (χ1n) is 10.8. The Morgan fingerprint density at radius 1 is 0.912 bits per heavy atom. The summed E-state index contributed by atoms with van der Waals surface area (Å²) in [5.74, 6) is -0.343. The van der Waals surface area contributed by atoms with E-state index in [1.165, 1.54) is 32.4 Å². The topological polar surface area (TPSA) is 103 Å². The van der Waals surface area contributed by atoms with Crippen molar-refractivity contribution in [3.63, 3.8) is 0 Å². The quantitative estimate of drug-likeness (QED) is 0.536. The summed E-state index contributed by atoms with van der Waals surface area (Å²) in [5.41, 5.74) is 0.608. The number of amides is 2. The molecular formula is C24H27ClN2O7. The molecule has 0 radical (unpaired) electrons. The summed E-state index contributed by atoms with van der Waals surface area (Å²) in [6, 6.07) is 9.25. The second-order valence-electron chi connectivity index (χ2n) is 7.56. The molecule has 0 saturated carbocycles. The summed E-state index contributed by atoms with van der Waals surface area (Å²) >= 11 is 5.98. The third-order valence-corrected chi connectivity index (χ3v) is 5.46. The van der Waals surface area contributed by atoms with Crippen LogP contribution in [-0.4, -0.2) is 63.2 Å². The number of carbonyl (C=O) groups is 3. The highest BCUT2D eigenvalue weighted by atomic mass is 35.5. The third kappa shape index (κ3) is 6.77. The predicted octanol–water partition coefficient (Wildman–Crippen LogP) is 3.54. The zero-order chi connectivity index (χ0) is 24.5. The normalized spacial score (nSPS) is 13.1. The number of esters is 1. The lowest BCUT2D eigenvalue weighted by Gasteiger charge is -2.26. The highest BCUT2D eigenvalue weighted by Gasteiger charge is 2.19. The van der Waals surface area contributed by atoms with Gasteiger partial charge in [0.2, 0.25) is 0 Å². The number of anilines is 1. The van der Waals surface area contributed by atoms with Crippen molar-refractivity contribution in [3.8, 4) is 17.2 Å². The van der Waals surface area contributed by atoms with Gasteiger partial charge < -0.3 is 29.2 Å². The maximum atomic E-state index is 12.4. The summed E-state index contributed by atoms with van der Waals surface area (Å²) in [7, 11) is 2.89. The van der Waals surface area contributed by atoms with Gasteiger partial charge in [-0.3, -0.25) is 9.59 Å². The summed E-state index contributed by atoms with van der Waals surface area (Å²) in [4.78, 5) is 38.6. The standard InChI is InChI=1S/C24H27ClN2O7/c1-31-19-9-7-17(25)13-18(19)26-22(28)14-33-20-8-6-16(12-21(20)32-2)24(30)34-15-23(29)27-10-4-3-5-11-27/h6-9,12-13H,3-5,10-11,14-15H2,1-2H3,(H,26,28). The monoisotopic (exact) mass is 490 g/mol. The van der Waals surface area contributed by atoms with E-state index in [1.807, 2.05) is 0 Å². The number of methoxy groups -OCH3 is 2. The zero-order valence-corrected chi connectivity index (χ0v) is 19.9. The Labute approximate surface area is 202 Å². The summed E-state index contributed by atoms with van der Waals surface area (Å²) in [6.07, 6.45) is 3.03. The molecule has 182 valence electrons. The van der Waals surface area contributed by atoms with E-state index in [-0.39, 0.29) is 36.2 Å². The van der Waals surface area contributed by atoms with Crippen molar-refractivity contribution in [2.75, 3.05) is 45.8 Å². The van der Waals surface area contributed by atoms with Crippen LogP contribution in [0.3, 0.4) is 0 Å². The van der Waals surface area contributed by atoms with E-state index in [2.05, 4.69) is 5.32 Å². The Kier molecular flexibility index (Phi) is 8.98. The molecule has 2 aromatic carbocycles. The molecule has 10 heteroatoms. The van der Waals surface area contributed by atoms with E-state index >= 15 is 0 Å². The van der Waals surface area contributed by atoms with Gasteiger partial charge in [-0.15, -0.1) is 0 Å². The Morgan fingerprint density at radius 2 is 1.62 bits per heavy atom. The van der Waals surface area contributed by atoms with Crippen molar-refractivity contribution >= 4 is 35.1 Å². The average molecular weight is 491 g/mol. The fourth-order valence-corrected chi connectivity index (χ4v) is 3.64. The molecule has 0 spiro atoms. The molecule has 9 nitrogen and oxygen atoms in total. The molecule has 0 aliphatic carbocycles. The molecular weight excluding hydrogens is 464 g/mol. The Hall–Kier alpha value is -3.46. The minimum absolute atomic E-state index is 0.198. The van der Waals surface area contributed by atoms with Crippen molar-refractivity contribution in [1.29, 1.82) is 0 Å². The first-order valence-corrected chi connectivity index (χ1v) is 11.2. The van der Waals surface area contributed by atoms with Gasteiger partial charge in [0, 0.05) is 18.1 Å². The number of nitrogens with zero attached hydrogens (tertiary/aromatic N) is 1. The van der Waals surface area contributed by atoms with E-state index in [4.69, 9.17) is 30.5 Å². The smallest absolute Gasteiger partial charge is 0.338 e. The minimum Gasteiger partial charge on any atom is -0.495 e. The number of piperidine rings is 1. The van der Waals surface area contributed by atoms with Crippen LogP contribution in [0.25, 0.3) is 0 Å². The Balaban J connectivity index is 1.56.